The number of methoxy groups -OCH3 is 2. The minimum atomic E-state index is -0.266. The SMILES string of the molecule is COc1ccc(CCNC(=O)[C@H]2[C@H](C(=O)NCCCCN3CCCC3)[C@H]3C=C[C@H]2C32CC2)cc1OC. The van der Waals surface area contributed by atoms with Gasteiger partial charge < -0.3 is 25.0 Å². The zero-order valence-electron chi connectivity index (χ0n) is 21.8. The first-order chi connectivity index (χ1) is 17.6. The van der Waals surface area contributed by atoms with Crippen LogP contribution in [-0.4, -0.2) is 63.7 Å². The van der Waals surface area contributed by atoms with Gasteiger partial charge in [0.15, 0.2) is 11.5 Å². The molecule has 0 unspecified atom stereocenters. The van der Waals surface area contributed by atoms with Crippen molar-refractivity contribution in [2.24, 2.45) is 29.1 Å². The van der Waals surface area contributed by atoms with Gasteiger partial charge in [0.25, 0.3) is 0 Å². The largest absolute Gasteiger partial charge is 0.493 e. The van der Waals surface area contributed by atoms with Crippen LogP contribution in [0.15, 0.2) is 30.4 Å². The Hall–Kier alpha value is -2.54. The first-order valence-electron chi connectivity index (χ1n) is 13.7. The second kappa shape index (κ2) is 10.8. The van der Waals surface area contributed by atoms with E-state index < -0.39 is 0 Å². The van der Waals surface area contributed by atoms with Crippen molar-refractivity contribution < 1.29 is 19.1 Å². The summed E-state index contributed by atoms with van der Waals surface area (Å²) in [6.07, 6.45) is 12.1. The van der Waals surface area contributed by atoms with Gasteiger partial charge in [0.1, 0.15) is 0 Å². The molecule has 2 amide bonds. The maximum atomic E-state index is 13.4. The Morgan fingerprint density at radius 3 is 2.17 bits per heavy atom. The van der Waals surface area contributed by atoms with E-state index in [2.05, 4.69) is 27.7 Å². The summed E-state index contributed by atoms with van der Waals surface area (Å²) < 4.78 is 10.7. The van der Waals surface area contributed by atoms with Crippen LogP contribution in [0.3, 0.4) is 0 Å². The van der Waals surface area contributed by atoms with Crippen molar-refractivity contribution in [3.05, 3.63) is 35.9 Å². The Labute approximate surface area is 215 Å². The molecule has 4 atom stereocenters. The highest BCUT2D eigenvalue weighted by atomic mass is 16.5. The maximum Gasteiger partial charge on any atom is 0.224 e. The Kier molecular flexibility index (Phi) is 7.56. The fraction of sp³-hybridized carbons (Fsp3) is 0.655. The van der Waals surface area contributed by atoms with E-state index in [1.165, 1.54) is 25.9 Å². The molecule has 3 fully saturated rings. The van der Waals surface area contributed by atoms with Gasteiger partial charge in [-0.3, -0.25) is 9.59 Å². The average molecular weight is 496 g/mol. The average Bonchev–Trinajstić information content (AvgIpc) is 3.25. The molecule has 2 N–H and O–H groups in total. The van der Waals surface area contributed by atoms with E-state index >= 15 is 0 Å². The van der Waals surface area contributed by atoms with Crippen molar-refractivity contribution >= 4 is 11.8 Å². The van der Waals surface area contributed by atoms with Gasteiger partial charge in [0.05, 0.1) is 26.1 Å². The third-order valence-electron chi connectivity index (χ3n) is 9.01. The van der Waals surface area contributed by atoms with E-state index in [4.69, 9.17) is 9.47 Å². The van der Waals surface area contributed by atoms with Crippen LogP contribution in [0.25, 0.3) is 0 Å². The topological polar surface area (TPSA) is 79.9 Å². The van der Waals surface area contributed by atoms with E-state index in [9.17, 15) is 9.59 Å². The third kappa shape index (κ3) is 4.86. The predicted molar refractivity (Wildman–Crippen MR) is 139 cm³/mol. The van der Waals surface area contributed by atoms with E-state index in [0.717, 1.165) is 37.8 Å². The van der Waals surface area contributed by atoms with Crippen molar-refractivity contribution in [2.75, 3.05) is 46.9 Å². The van der Waals surface area contributed by atoms with Crippen LogP contribution in [-0.2, 0) is 16.0 Å². The molecule has 1 heterocycles. The van der Waals surface area contributed by atoms with Crippen LogP contribution in [0.2, 0.25) is 0 Å². The molecule has 4 aliphatic rings. The number of hydrogen-bond acceptors (Lipinski definition) is 5. The highest BCUT2D eigenvalue weighted by molar-refractivity contribution is 5.90. The molecule has 1 aliphatic heterocycles. The van der Waals surface area contributed by atoms with Gasteiger partial charge in [-0.2, -0.15) is 0 Å². The number of unbranched alkanes of at least 4 members (excludes halogenated alkanes) is 1. The van der Waals surface area contributed by atoms with Crippen LogP contribution in [0.5, 0.6) is 11.5 Å². The fourth-order valence-electron chi connectivity index (χ4n) is 6.99. The molecular formula is C29H41N3O4. The molecule has 7 heteroatoms. The number of likely N-dealkylation sites (tertiary alicyclic amines) is 1. The van der Waals surface area contributed by atoms with Gasteiger partial charge in [-0.15, -0.1) is 0 Å². The second-order valence-corrected chi connectivity index (χ2v) is 11.0. The predicted octanol–water partition coefficient (Wildman–Crippen LogP) is 3.18. The molecule has 5 rings (SSSR count). The highest BCUT2D eigenvalue weighted by Gasteiger charge is 2.69. The van der Waals surface area contributed by atoms with Gasteiger partial charge in [0, 0.05) is 13.1 Å². The van der Waals surface area contributed by atoms with E-state index in [1.54, 1.807) is 14.2 Å². The van der Waals surface area contributed by atoms with Gasteiger partial charge in [-0.25, -0.2) is 0 Å². The second-order valence-electron chi connectivity index (χ2n) is 11.0. The molecule has 0 aromatic heterocycles. The number of ether oxygens (including phenoxy) is 2. The van der Waals surface area contributed by atoms with Crippen LogP contribution >= 0.6 is 0 Å². The summed E-state index contributed by atoms with van der Waals surface area (Å²) in [4.78, 5) is 29.3. The van der Waals surface area contributed by atoms with Crippen molar-refractivity contribution in [1.29, 1.82) is 0 Å². The molecule has 1 aromatic rings. The Morgan fingerprint density at radius 2 is 1.56 bits per heavy atom. The van der Waals surface area contributed by atoms with Gasteiger partial charge in [0.2, 0.25) is 11.8 Å². The lowest BCUT2D eigenvalue weighted by molar-refractivity contribution is -0.135. The smallest absolute Gasteiger partial charge is 0.224 e. The summed E-state index contributed by atoms with van der Waals surface area (Å²) >= 11 is 0. The molecule has 7 nitrogen and oxygen atoms in total. The monoisotopic (exact) mass is 495 g/mol. The molecular weight excluding hydrogens is 454 g/mol. The number of benzene rings is 1. The molecule has 1 spiro atoms. The summed E-state index contributed by atoms with van der Waals surface area (Å²) in [5.41, 5.74) is 1.23. The van der Waals surface area contributed by atoms with E-state index in [-0.39, 0.29) is 40.9 Å². The Bertz CT molecular complexity index is 983. The molecule has 1 aromatic carbocycles. The Balaban J connectivity index is 1.15. The summed E-state index contributed by atoms with van der Waals surface area (Å²) in [6, 6.07) is 5.83. The van der Waals surface area contributed by atoms with Crippen molar-refractivity contribution in [3.8, 4) is 11.5 Å². The number of nitrogens with one attached hydrogen (secondary N) is 2. The summed E-state index contributed by atoms with van der Waals surface area (Å²) in [5.74, 6) is 1.35. The van der Waals surface area contributed by atoms with Crippen molar-refractivity contribution in [1.82, 2.24) is 15.5 Å². The first kappa shape index (κ1) is 25.1. The number of rotatable bonds is 12. The molecule has 1 saturated heterocycles. The van der Waals surface area contributed by atoms with E-state index in [1.807, 2.05) is 18.2 Å². The first-order valence-corrected chi connectivity index (χ1v) is 13.7. The molecule has 36 heavy (non-hydrogen) atoms. The molecule has 3 aliphatic carbocycles. The summed E-state index contributed by atoms with van der Waals surface area (Å²) in [5, 5.41) is 6.35. The van der Waals surface area contributed by atoms with Crippen molar-refractivity contribution in [2.45, 2.75) is 44.9 Å². The number of carbonyl (C=O) groups is 2. The molecule has 2 saturated carbocycles. The minimum Gasteiger partial charge on any atom is -0.493 e. The van der Waals surface area contributed by atoms with Crippen molar-refractivity contribution in [3.63, 3.8) is 0 Å². The standard InChI is InChI=1S/C29H41N3O4/c1-35-23-10-7-20(19-24(23)36-2)11-15-31-28(34)26-22-9-8-21(29(22)12-13-29)25(26)27(33)30-14-3-4-16-32-17-5-6-18-32/h7-10,19,21-22,25-26H,3-6,11-18H2,1-2H3,(H,30,33)(H,31,34)/t21-,22-,25-,26-/m1/s1. The highest BCUT2D eigenvalue weighted by Crippen LogP contribution is 2.72. The minimum absolute atomic E-state index is 0.0211. The maximum absolute atomic E-state index is 13.4. The fourth-order valence-corrected chi connectivity index (χ4v) is 6.99. The van der Waals surface area contributed by atoms with Crippen LogP contribution < -0.4 is 20.1 Å². The lowest BCUT2D eigenvalue weighted by Crippen LogP contribution is -2.44. The number of amides is 2. The normalized spacial score (nSPS) is 27.4. The van der Waals surface area contributed by atoms with Crippen LogP contribution in [0.1, 0.15) is 44.1 Å². The number of hydrogen-bond donors (Lipinski definition) is 2. The number of nitrogens with zero attached hydrogens (tertiary/aromatic N) is 1. The zero-order chi connectivity index (χ0) is 25.1. The summed E-state index contributed by atoms with van der Waals surface area (Å²) in [6.45, 7) is 4.79. The lowest BCUT2D eigenvalue weighted by Gasteiger charge is -2.26. The zero-order valence-corrected chi connectivity index (χ0v) is 21.8. The summed E-state index contributed by atoms with van der Waals surface area (Å²) in [7, 11) is 3.24. The Morgan fingerprint density at radius 1 is 0.917 bits per heavy atom. The molecule has 2 bridgehead atoms. The van der Waals surface area contributed by atoms with Gasteiger partial charge in [-0.1, -0.05) is 18.2 Å². The molecule has 196 valence electrons. The quantitative estimate of drug-likeness (QED) is 0.344. The third-order valence-corrected chi connectivity index (χ3v) is 9.01. The molecule has 0 radical (unpaired) electrons. The van der Waals surface area contributed by atoms with Gasteiger partial charge in [-0.05, 0) is 99.5 Å². The number of carbonyl (C=O) groups excluding carboxylic acids is 2. The lowest BCUT2D eigenvalue weighted by atomic mass is 9.81. The van der Waals surface area contributed by atoms with Crippen LogP contribution in [0, 0.1) is 29.1 Å². The van der Waals surface area contributed by atoms with Crippen LogP contribution in [0.4, 0.5) is 0 Å². The van der Waals surface area contributed by atoms with Gasteiger partial charge >= 0.3 is 0 Å². The number of allylic oxidation sites excluding steroid dienone is 2. The van der Waals surface area contributed by atoms with E-state index in [0.29, 0.717) is 31.0 Å².